The van der Waals surface area contributed by atoms with Crippen LogP contribution in [0.3, 0.4) is 0 Å². The van der Waals surface area contributed by atoms with Gasteiger partial charge in [-0.3, -0.25) is 4.79 Å². The van der Waals surface area contributed by atoms with E-state index in [2.05, 4.69) is 83.1 Å². The molecule has 0 saturated heterocycles. The summed E-state index contributed by atoms with van der Waals surface area (Å²) >= 11 is 0. The number of esters is 1. The summed E-state index contributed by atoms with van der Waals surface area (Å²) in [6.07, 6.45) is 38.2. The molecule has 0 aromatic heterocycles. The minimum atomic E-state index is 0.00798. The molecule has 3 heteroatoms. The number of nitrogens with zero attached hydrogens (tertiary/aromatic N) is 1. The van der Waals surface area contributed by atoms with E-state index < -0.39 is 0 Å². The van der Waals surface area contributed by atoms with Crippen LogP contribution in [0.5, 0.6) is 0 Å². The first-order valence-electron chi connectivity index (χ1n) is 17.7. The summed E-state index contributed by atoms with van der Waals surface area (Å²) in [5.41, 5.74) is 0. The van der Waals surface area contributed by atoms with Crippen LogP contribution in [0.2, 0.25) is 0 Å². The van der Waals surface area contributed by atoms with Crippen molar-refractivity contribution in [1.29, 1.82) is 0 Å². The topological polar surface area (TPSA) is 29.5 Å². The molecule has 0 heterocycles. The molecule has 3 nitrogen and oxygen atoms in total. The van der Waals surface area contributed by atoms with Gasteiger partial charge in [0.15, 0.2) is 0 Å². The van der Waals surface area contributed by atoms with Crippen LogP contribution in [-0.4, -0.2) is 37.6 Å². The molecule has 0 aliphatic rings. The lowest BCUT2D eigenvalue weighted by atomic mass is 9.84. The number of hydrogen-bond acceptors (Lipinski definition) is 3. The van der Waals surface area contributed by atoms with Crippen molar-refractivity contribution >= 4 is 5.97 Å². The third-order valence-corrected chi connectivity index (χ3v) is 8.02. The lowest BCUT2D eigenvalue weighted by Gasteiger charge is -2.29. The maximum absolute atomic E-state index is 13.0. The zero-order valence-electron chi connectivity index (χ0n) is 28.5. The highest BCUT2D eigenvalue weighted by Gasteiger charge is 2.26. The SMILES string of the molecule is CCCC/C=C\CC(C)CC(CCC/C=C\CCCCC)C(CC/C=C\CCCCC)OC(=O)CCCCN(C)C. The van der Waals surface area contributed by atoms with E-state index in [9.17, 15) is 4.79 Å². The lowest BCUT2D eigenvalue weighted by molar-refractivity contribution is -0.153. The van der Waals surface area contributed by atoms with E-state index >= 15 is 0 Å². The second-order valence-corrected chi connectivity index (χ2v) is 12.7. The fourth-order valence-corrected chi connectivity index (χ4v) is 5.41. The van der Waals surface area contributed by atoms with Crippen LogP contribution < -0.4 is 0 Å². The fourth-order valence-electron chi connectivity index (χ4n) is 5.41. The second kappa shape index (κ2) is 30.1. The van der Waals surface area contributed by atoms with Crippen LogP contribution in [0, 0.1) is 11.8 Å². The van der Waals surface area contributed by atoms with Gasteiger partial charge in [0, 0.05) is 6.42 Å². The van der Waals surface area contributed by atoms with E-state index in [-0.39, 0.29) is 12.1 Å². The van der Waals surface area contributed by atoms with Gasteiger partial charge in [-0.2, -0.15) is 0 Å². The Kier molecular flexibility index (Phi) is 29.1. The van der Waals surface area contributed by atoms with Gasteiger partial charge in [0.1, 0.15) is 6.10 Å². The van der Waals surface area contributed by atoms with Gasteiger partial charge in [-0.1, -0.05) is 103 Å². The molecule has 0 radical (unpaired) electrons. The average molecular weight is 574 g/mol. The maximum Gasteiger partial charge on any atom is 0.306 e. The van der Waals surface area contributed by atoms with Crippen molar-refractivity contribution in [1.82, 2.24) is 4.90 Å². The molecule has 3 unspecified atom stereocenters. The van der Waals surface area contributed by atoms with E-state index in [1.807, 2.05) is 0 Å². The summed E-state index contributed by atoms with van der Waals surface area (Å²) < 4.78 is 6.32. The largest absolute Gasteiger partial charge is 0.462 e. The smallest absolute Gasteiger partial charge is 0.306 e. The maximum atomic E-state index is 13.0. The summed E-state index contributed by atoms with van der Waals surface area (Å²) in [4.78, 5) is 15.2. The summed E-state index contributed by atoms with van der Waals surface area (Å²) in [5.74, 6) is 1.05. The summed E-state index contributed by atoms with van der Waals surface area (Å²) in [5, 5.41) is 0. The first kappa shape index (κ1) is 39.6. The molecular weight excluding hydrogens is 502 g/mol. The minimum absolute atomic E-state index is 0.00798. The van der Waals surface area contributed by atoms with E-state index in [1.54, 1.807) is 0 Å². The number of carbonyl (C=O) groups excluding carboxylic acids is 1. The van der Waals surface area contributed by atoms with E-state index in [4.69, 9.17) is 4.74 Å². The molecule has 0 aliphatic carbocycles. The Morgan fingerprint density at radius 3 is 1.83 bits per heavy atom. The normalized spacial score (nSPS) is 14.5. The van der Waals surface area contributed by atoms with Gasteiger partial charge in [-0.25, -0.2) is 0 Å². The van der Waals surface area contributed by atoms with E-state index in [0.717, 1.165) is 57.9 Å². The Balaban J connectivity index is 5.30. The average Bonchev–Trinajstić information content (AvgIpc) is 2.94. The molecule has 0 aromatic carbocycles. The third kappa shape index (κ3) is 27.2. The Hall–Kier alpha value is -1.35. The summed E-state index contributed by atoms with van der Waals surface area (Å²) in [6.45, 7) is 10.2. The number of unbranched alkanes of at least 4 members (excludes halogenated alkanes) is 10. The molecule has 0 rings (SSSR count). The number of hydrogen-bond donors (Lipinski definition) is 0. The standard InChI is InChI=1S/C38H71NO2/c1-7-10-13-16-18-20-22-25-30-36(34-35(4)29-24-21-15-12-9-3)37(31-26-23-19-17-14-11-8-2)41-38(40)32-27-28-33-39(5)6/h18-21,23-24,35-37H,7-17,22,25-34H2,1-6H3/b20-18-,23-19-,24-21-. The molecule has 0 aliphatic heterocycles. The molecule has 0 N–H and O–H groups in total. The van der Waals surface area contributed by atoms with Crippen molar-refractivity contribution < 1.29 is 9.53 Å². The lowest BCUT2D eigenvalue weighted by Crippen LogP contribution is -2.28. The Morgan fingerprint density at radius 1 is 0.659 bits per heavy atom. The molecule has 41 heavy (non-hydrogen) atoms. The highest BCUT2D eigenvalue weighted by Crippen LogP contribution is 2.29. The first-order valence-corrected chi connectivity index (χ1v) is 17.7. The number of carbonyl (C=O) groups is 1. The van der Waals surface area contributed by atoms with Gasteiger partial charge in [-0.05, 0) is 122 Å². The predicted octanol–water partition coefficient (Wildman–Crippen LogP) is 11.6. The summed E-state index contributed by atoms with van der Waals surface area (Å²) in [6, 6.07) is 0. The highest BCUT2D eigenvalue weighted by atomic mass is 16.5. The summed E-state index contributed by atoms with van der Waals surface area (Å²) in [7, 11) is 4.19. The molecule has 0 fully saturated rings. The third-order valence-electron chi connectivity index (χ3n) is 8.02. The zero-order valence-corrected chi connectivity index (χ0v) is 28.5. The monoisotopic (exact) mass is 574 g/mol. The molecular formula is C38H71NO2. The Labute approximate surface area is 257 Å². The Bertz CT molecular complexity index is 651. The molecule has 0 amide bonds. The number of rotatable bonds is 29. The van der Waals surface area contributed by atoms with Gasteiger partial charge in [0.25, 0.3) is 0 Å². The van der Waals surface area contributed by atoms with Crippen LogP contribution in [0.4, 0.5) is 0 Å². The molecule has 0 aromatic rings. The minimum Gasteiger partial charge on any atom is -0.462 e. The molecule has 0 saturated carbocycles. The van der Waals surface area contributed by atoms with Crippen molar-refractivity contribution in [3.63, 3.8) is 0 Å². The van der Waals surface area contributed by atoms with Gasteiger partial charge < -0.3 is 9.64 Å². The van der Waals surface area contributed by atoms with Gasteiger partial charge >= 0.3 is 5.97 Å². The van der Waals surface area contributed by atoms with Gasteiger partial charge in [0.05, 0.1) is 0 Å². The molecule has 240 valence electrons. The van der Waals surface area contributed by atoms with Gasteiger partial charge in [-0.15, -0.1) is 0 Å². The van der Waals surface area contributed by atoms with Crippen molar-refractivity contribution in [2.24, 2.45) is 11.8 Å². The van der Waals surface area contributed by atoms with Crippen LogP contribution in [-0.2, 0) is 9.53 Å². The van der Waals surface area contributed by atoms with E-state index in [1.165, 1.54) is 77.0 Å². The van der Waals surface area contributed by atoms with Crippen molar-refractivity contribution in [2.45, 2.75) is 169 Å². The quantitative estimate of drug-likeness (QED) is 0.0506. The molecule has 3 atom stereocenters. The molecule has 0 bridgehead atoms. The van der Waals surface area contributed by atoms with Crippen molar-refractivity contribution in [2.75, 3.05) is 20.6 Å². The van der Waals surface area contributed by atoms with Crippen LogP contribution in [0.25, 0.3) is 0 Å². The second-order valence-electron chi connectivity index (χ2n) is 12.7. The van der Waals surface area contributed by atoms with Crippen LogP contribution in [0.15, 0.2) is 36.5 Å². The highest BCUT2D eigenvalue weighted by molar-refractivity contribution is 5.69. The van der Waals surface area contributed by atoms with Crippen LogP contribution >= 0.6 is 0 Å². The zero-order chi connectivity index (χ0) is 30.4. The van der Waals surface area contributed by atoms with E-state index in [0.29, 0.717) is 18.3 Å². The molecule has 0 spiro atoms. The Morgan fingerprint density at radius 2 is 1.22 bits per heavy atom. The fraction of sp³-hybridized carbons (Fsp3) is 0.816. The van der Waals surface area contributed by atoms with Crippen LogP contribution in [0.1, 0.15) is 163 Å². The van der Waals surface area contributed by atoms with Crippen molar-refractivity contribution in [3.05, 3.63) is 36.5 Å². The number of allylic oxidation sites excluding steroid dienone is 6. The van der Waals surface area contributed by atoms with Crippen molar-refractivity contribution in [3.8, 4) is 0 Å². The predicted molar refractivity (Wildman–Crippen MR) is 182 cm³/mol. The van der Waals surface area contributed by atoms with Gasteiger partial charge in [0.2, 0.25) is 0 Å². The first-order chi connectivity index (χ1) is 19.9. The number of ether oxygens (including phenoxy) is 1.